The van der Waals surface area contributed by atoms with E-state index in [-0.39, 0.29) is 30.5 Å². The van der Waals surface area contributed by atoms with Crippen molar-refractivity contribution in [1.82, 2.24) is 10.2 Å². The second-order valence-corrected chi connectivity index (χ2v) is 5.07. The predicted octanol–water partition coefficient (Wildman–Crippen LogP) is 1.64. The molecule has 122 valence electrons. The first-order valence-electron chi connectivity index (χ1n) is 7.04. The molecule has 7 nitrogen and oxygen atoms in total. The minimum atomic E-state index is -0.453. The number of hydrogen-bond donors (Lipinski definition) is 2. The summed E-state index contributed by atoms with van der Waals surface area (Å²) in [6.07, 6.45) is 1.88. The molecule has 1 aliphatic heterocycles. The maximum Gasteiger partial charge on any atom is 0.292 e. The van der Waals surface area contributed by atoms with E-state index < -0.39 is 4.92 Å². The minimum Gasteiger partial charge on any atom is -0.371 e. The third-order valence-corrected chi connectivity index (χ3v) is 3.79. The van der Waals surface area contributed by atoms with Crippen LogP contribution in [0.25, 0.3) is 0 Å². The van der Waals surface area contributed by atoms with E-state index in [1.807, 2.05) is 7.05 Å². The molecule has 2 rings (SSSR count). The van der Waals surface area contributed by atoms with Crippen LogP contribution in [-0.4, -0.2) is 48.5 Å². The zero-order valence-corrected chi connectivity index (χ0v) is 13.3. The number of benzene rings is 1. The first-order chi connectivity index (χ1) is 10.1. The molecule has 1 aromatic carbocycles. The number of nitro benzene ring substituents is 1. The van der Waals surface area contributed by atoms with Crippen molar-refractivity contribution in [1.29, 1.82) is 0 Å². The van der Waals surface area contributed by atoms with Gasteiger partial charge >= 0.3 is 0 Å². The van der Waals surface area contributed by atoms with Gasteiger partial charge in [-0.3, -0.25) is 14.9 Å². The molecule has 1 heterocycles. The summed E-state index contributed by atoms with van der Waals surface area (Å²) in [6, 6.07) is 6.81. The molecule has 0 unspecified atom stereocenters. The van der Waals surface area contributed by atoms with E-state index in [2.05, 4.69) is 10.6 Å². The van der Waals surface area contributed by atoms with Gasteiger partial charge < -0.3 is 15.5 Å². The minimum absolute atomic E-state index is 0. The Bertz CT molecular complexity index is 519. The lowest BCUT2D eigenvalue weighted by molar-refractivity contribution is -0.383. The molecule has 22 heavy (non-hydrogen) atoms. The molecule has 1 saturated heterocycles. The van der Waals surface area contributed by atoms with Gasteiger partial charge in [0.05, 0.1) is 11.5 Å². The van der Waals surface area contributed by atoms with Crippen LogP contribution in [0.1, 0.15) is 12.8 Å². The van der Waals surface area contributed by atoms with Gasteiger partial charge in [-0.2, -0.15) is 0 Å². The zero-order chi connectivity index (χ0) is 15.2. The number of likely N-dealkylation sites (tertiary alicyclic amines) is 1. The zero-order valence-electron chi connectivity index (χ0n) is 12.4. The molecule has 8 heteroatoms. The predicted molar refractivity (Wildman–Crippen MR) is 87.5 cm³/mol. The maximum absolute atomic E-state index is 12.1. The van der Waals surface area contributed by atoms with Crippen molar-refractivity contribution in [3.63, 3.8) is 0 Å². The number of anilines is 1. The van der Waals surface area contributed by atoms with E-state index >= 15 is 0 Å². The van der Waals surface area contributed by atoms with E-state index in [0.29, 0.717) is 11.7 Å². The van der Waals surface area contributed by atoms with Crippen molar-refractivity contribution in [2.75, 3.05) is 32.0 Å². The third kappa shape index (κ3) is 4.57. The van der Waals surface area contributed by atoms with Crippen LogP contribution in [-0.2, 0) is 4.79 Å². The van der Waals surface area contributed by atoms with Crippen molar-refractivity contribution >= 4 is 29.7 Å². The Morgan fingerprint density at radius 2 is 2.00 bits per heavy atom. The molecule has 0 saturated carbocycles. The third-order valence-electron chi connectivity index (χ3n) is 3.79. The Kier molecular flexibility index (Phi) is 7.07. The van der Waals surface area contributed by atoms with Crippen molar-refractivity contribution in [3.8, 4) is 0 Å². The summed E-state index contributed by atoms with van der Waals surface area (Å²) in [6.45, 7) is 1.53. The molecule has 0 radical (unpaired) electrons. The summed E-state index contributed by atoms with van der Waals surface area (Å²) in [5, 5.41) is 17.0. The number of halogens is 1. The van der Waals surface area contributed by atoms with Crippen molar-refractivity contribution in [2.45, 2.75) is 18.9 Å². The fourth-order valence-corrected chi connectivity index (χ4v) is 2.48. The SMILES string of the molecule is CNC1CCN(C(=O)CNc2ccccc2[N+](=O)[O-])CC1.Cl. The lowest BCUT2D eigenvalue weighted by Crippen LogP contribution is -2.45. The molecule has 0 spiro atoms. The number of carbonyl (C=O) groups excluding carboxylic acids is 1. The Morgan fingerprint density at radius 3 is 2.59 bits per heavy atom. The highest BCUT2D eigenvalue weighted by molar-refractivity contribution is 5.85. The number of nitrogens with one attached hydrogen (secondary N) is 2. The van der Waals surface area contributed by atoms with Crippen molar-refractivity contribution in [3.05, 3.63) is 34.4 Å². The first-order valence-corrected chi connectivity index (χ1v) is 7.04. The first kappa shape index (κ1) is 18.2. The Hall–Kier alpha value is -1.86. The van der Waals surface area contributed by atoms with Gasteiger partial charge in [0.15, 0.2) is 0 Å². The molecule has 0 aromatic heterocycles. The highest BCUT2D eigenvalue weighted by Crippen LogP contribution is 2.23. The lowest BCUT2D eigenvalue weighted by atomic mass is 10.1. The fourth-order valence-electron chi connectivity index (χ4n) is 2.48. The molecule has 0 aliphatic carbocycles. The summed E-state index contributed by atoms with van der Waals surface area (Å²) in [5.41, 5.74) is 0.361. The van der Waals surface area contributed by atoms with Crippen LogP contribution in [0.15, 0.2) is 24.3 Å². The molecule has 2 N–H and O–H groups in total. The molecule has 1 aliphatic rings. The summed E-state index contributed by atoms with van der Waals surface area (Å²) in [4.78, 5) is 24.4. The van der Waals surface area contributed by atoms with Gasteiger partial charge in [-0.25, -0.2) is 0 Å². The monoisotopic (exact) mass is 328 g/mol. The molecule has 0 bridgehead atoms. The highest BCUT2D eigenvalue weighted by atomic mass is 35.5. The molecule has 1 aromatic rings. The van der Waals surface area contributed by atoms with Crippen LogP contribution in [0.4, 0.5) is 11.4 Å². The second-order valence-electron chi connectivity index (χ2n) is 5.07. The van der Waals surface area contributed by atoms with Gasteiger partial charge in [0.25, 0.3) is 5.69 Å². The van der Waals surface area contributed by atoms with Crippen LogP contribution < -0.4 is 10.6 Å². The van der Waals surface area contributed by atoms with E-state index in [0.717, 1.165) is 25.9 Å². The lowest BCUT2D eigenvalue weighted by Gasteiger charge is -2.31. The number of carbonyl (C=O) groups is 1. The van der Waals surface area contributed by atoms with E-state index in [9.17, 15) is 14.9 Å². The van der Waals surface area contributed by atoms with Gasteiger partial charge in [-0.1, -0.05) is 12.1 Å². The number of hydrogen-bond acceptors (Lipinski definition) is 5. The Balaban J connectivity index is 0.00000242. The number of nitro groups is 1. The summed E-state index contributed by atoms with van der Waals surface area (Å²) in [7, 11) is 1.93. The molecular weight excluding hydrogens is 308 g/mol. The number of nitrogens with zero attached hydrogens (tertiary/aromatic N) is 2. The average Bonchev–Trinajstić information content (AvgIpc) is 2.52. The largest absolute Gasteiger partial charge is 0.371 e. The second kappa shape index (κ2) is 8.55. The van der Waals surface area contributed by atoms with Crippen molar-refractivity contribution < 1.29 is 9.72 Å². The maximum atomic E-state index is 12.1. The number of amides is 1. The Labute approximate surface area is 135 Å². The topological polar surface area (TPSA) is 87.5 Å². The quantitative estimate of drug-likeness (QED) is 0.633. The van der Waals surface area contributed by atoms with Gasteiger partial charge in [0.1, 0.15) is 5.69 Å². The summed E-state index contributed by atoms with van der Waals surface area (Å²) >= 11 is 0. The Morgan fingerprint density at radius 1 is 1.36 bits per heavy atom. The number of piperidine rings is 1. The normalized spacial score (nSPS) is 15.0. The van der Waals surface area contributed by atoms with E-state index in [1.165, 1.54) is 6.07 Å². The van der Waals surface area contributed by atoms with Crippen LogP contribution in [0.3, 0.4) is 0 Å². The van der Waals surface area contributed by atoms with E-state index in [1.54, 1.807) is 23.1 Å². The summed E-state index contributed by atoms with van der Waals surface area (Å²) < 4.78 is 0. The van der Waals surface area contributed by atoms with Gasteiger partial charge in [-0.15, -0.1) is 12.4 Å². The van der Waals surface area contributed by atoms with Crippen LogP contribution in [0.2, 0.25) is 0 Å². The average molecular weight is 329 g/mol. The highest BCUT2D eigenvalue weighted by Gasteiger charge is 2.22. The van der Waals surface area contributed by atoms with Gasteiger partial charge in [0.2, 0.25) is 5.91 Å². The molecular formula is C14H21ClN4O3. The molecule has 1 amide bonds. The smallest absolute Gasteiger partial charge is 0.292 e. The van der Waals surface area contributed by atoms with Gasteiger partial charge in [0, 0.05) is 25.2 Å². The summed E-state index contributed by atoms with van der Waals surface area (Å²) in [5.74, 6) is -0.0253. The van der Waals surface area contributed by atoms with Crippen LogP contribution in [0, 0.1) is 10.1 Å². The van der Waals surface area contributed by atoms with Crippen LogP contribution >= 0.6 is 12.4 Å². The number of rotatable bonds is 5. The van der Waals surface area contributed by atoms with Crippen LogP contribution in [0.5, 0.6) is 0 Å². The van der Waals surface area contributed by atoms with Crippen molar-refractivity contribution in [2.24, 2.45) is 0 Å². The van der Waals surface area contributed by atoms with E-state index in [4.69, 9.17) is 0 Å². The number of para-hydroxylation sites is 2. The molecule has 1 fully saturated rings. The fraction of sp³-hybridized carbons (Fsp3) is 0.500. The molecule has 0 atom stereocenters. The standard InChI is InChI=1S/C14H20N4O3.ClH/c1-15-11-6-8-17(9-7-11)14(19)10-16-12-4-2-3-5-13(12)18(20)21;/h2-5,11,15-16H,6-10H2,1H3;1H. The van der Waals surface area contributed by atoms with Gasteiger partial charge in [-0.05, 0) is 26.0 Å².